The molecule has 2 heterocycles. The van der Waals surface area contributed by atoms with Crippen LogP contribution in [0.1, 0.15) is 45.7 Å². The highest BCUT2D eigenvalue weighted by Crippen LogP contribution is 2.31. The van der Waals surface area contributed by atoms with E-state index in [1.807, 2.05) is 18.2 Å². The highest BCUT2D eigenvalue weighted by molar-refractivity contribution is 6.14. The molecular weight excluding hydrogens is 373 g/mol. The van der Waals surface area contributed by atoms with Crippen molar-refractivity contribution in [1.82, 2.24) is 4.90 Å². The molecule has 3 N–H and O–H groups in total. The van der Waals surface area contributed by atoms with Gasteiger partial charge in [-0.1, -0.05) is 18.6 Å². The maximum absolute atomic E-state index is 13.7. The summed E-state index contributed by atoms with van der Waals surface area (Å²) in [6.45, 7) is 2.91. The zero-order valence-electron chi connectivity index (χ0n) is 15.9. The van der Waals surface area contributed by atoms with E-state index in [2.05, 4.69) is 10.2 Å². The number of hydrogen-bond acceptors (Lipinski definition) is 4. The van der Waals surface area contributed by atoms with Gasteiger partial charge in [-0.15, -0.1) is 0 Å². The molecule has 1 fully saturated rings. The number of fused-ring (bicyclic) bond motifs is 1. The molecule has 0 spiro atoms. The molecule has 1 saturated heterocycles. The zero-order chi connectivity index (χ0) is 20.4. The van der Waals surface area contributed by atoms with Crippen molar-refractivity contribution in [2.75, 3.05) is 18.4 Å². The van der Waals surface area contributed by atoms with Crippen LogP contribution in [-0.2, 0) is 6.54 Å². The van der Waals surface area contributed by atoms with Gasteiger partial charge in [-0.25, -0.2) is 4.39 Å². The van der Waals surface area contributed by atoms with E-state index in [-0.39, 0.29) is 22.4 Å². The molecule has 0 radical (unpaired) electrons. The summed E-state index contributed by atoms with van der Waals surface area (Å²) in [5.74, 6) is -1.97. The third-order valence-electron chi connectivity index (χ3n) is 5.16. The van der Waals surface area contributed by atoms with Crippen LogP contribution < -0.4 is 11.1 Å². The van der Waals surface area contributed by atoms with Crippen molar-refractivity contribution in [3.05, 3.63) is 65.2 Å². The van der Waals surface area contributed by atoms with Gasteiger partial charge in [0.1, 0.15) is 17.1 Å². The number of nitrogens with zero attached hydrogens (tertiary/aromatic N) is 1. The number of rotatable bonds is 5. The van der Waals surface area contributed by atoms with Crippen LogP contribution in [0, 0.1) is 5.82 Å². The van der Waals surface area contributed by atoms with Crippen molar-refractivity contribution < 1.29 is 18.4 Å². The first-order valence-electron chi connectivity index (χ1n) is 9.66. The van der Waals surface area contributed by atoms with E-state index < -0.39 is 17.6 Å². The van der Waals surface area contributed by atoms with Crippen LogP contribution in [0.3, 0.4) is 0 Å². The second kappa shape index (κ2) is 8.05. The fraction of sp³-hybridized carbons (Fsp3) is 0.273. The quantitative estimate of drug-likeness (QED) is 0.686. The van der Waals surface area contributed by atoms with Crippen molar-refractivity contribution in [2.24, 2.45) is 5.73 Å². The highest BCUT2D eigenvalue weighted by Gasteiger charge is 2.22. The van der Waals surface area contributed by atoms with Crippen LogP contribution in [0.5, 0.6) is 0 Å². The Kier molecular flexibility index (Phi) is 5.31. The lowest BCUT2D eigenvalue weighted by atomic mass is 10.1. The number of halogens is 1. The minimum atomic E-state index is -0.837. The van der Waals surface area contributed by atoms with Crippen molar-refractivity contribution in [2.45, 2.75) is 25.8 Å². The van der Waals surface area contributed by atoms with Crippen LogP contribution in [0.4, 0.5) is 10.1 Å². The summed E-state index contributed by atoms with van der Waals surface area (Å²) in [7, 11) is 0. The first kappa shape index (κ1) is 19.1. The number of primary amides is 1. The van der Waals surface area contributed by atoms with Crippen LogP contribution in [0.15, 0.2) is 46.9 Å². The first-order chi connectivity index (χ1) is 14.0. The van der Waals surface area contributed by atoms with Gasteiger partial charge in [0.15, 0.2) is 0 Å². The second-order valence-corrected chi connectivity index (χ2v) is 7.30. The van der Waals surface area contributed by atoms with Gasteiger partial charge in [-0.3, -0.25) is 14.5 Å². The van der Waals surface area contributed by atoms with Crippen molar-refractivity contribution >= 4 is 28.5 Å². The predicted octanol–water partition coefficient (Wildman–Crippen LogP) is 3.91. The molecular formula is C22H22FN3O3. The van der Waals surface area contributed by atoms with E-state index in [0.717, 1.165) is 25.2 Å². The molecule has 7 heteroatoms. The maximum Gasteiger partial charge on any atom is 0.286 e. The molecule has 0 aliphatic carbocycles. The number of nitrogens with two attached hydrogens (primary N) is 1. The average molecular weight is 395 g/mol. The third kappa shape index (κ3) is 4.14. The molecule has 0 atom stereocenters. The normalized spacial score (nSPS) is 14.8. The number of benzene rings is 2. The molecule has 3 aromatic rings. The Morgan fingerprint density at radius 3 is 2.66 bits per heavy atom. The predicted molar refractivity (Wildman–Crippen MR) is 108 cm³/mol. The van der Waals surface area contributed by atoms with Crippen LogP contribution in [0.25, 0.3) is 11.0 Å². The van der Waals surface area contributed by atoms with Gasteiger partial charge < -0.3 is 15.5 Å². The van der Waals surface area contributed by atoms with E-state index in [9.17, 15) is 14.0 Å². The van der Waals surface area contributed by atoms with Gasteiger partial charge in [0.05, 0.1) is 0 Å². The monoisotopic (exact) mass is 395 g/mol. The van der Waals surface area contributed by atoms with Crippen LogP contribution >= 0.6 is 0 Å². The fourth-order valence-corrected chi connectivity index (χ4v) is 3.74. The Morgan fingerprint density at radius 1 is 1.10 bits per heavy atom. The molecule has 1 aromatic heterocycles. The number of hydrogen-bond donors (Lipinski definition) is 2. The minimum absolute atomic E-state index is 0.0819. The molecule has 29 heavy (non-hydrogen) atoms. The number of anilines is 1. The molecule has 2 aromatic carbocycles. The fourth-order valence-electron chi connectivity index (χ4n) is 3.74. The van der Waals surface area contributed by atoms with Crippen LogP contribution in [-0.4, -0.2) is 29.8 Å². The topological polar surface area (TPSA) is 88.6 Å². The van der Waals surface area contributed by atoms with Crippen molar-refractivity contribution in [3.63, 3.8) is 0 Å². The Labute approximate surface area is 167 Å². The Bertz CT molecular complexity index is 1070. The highest BCUT2D eigenvalue weighted by atomic mass is 19.1. The smallest absolute Gasteiger partial charge is 0.286 e. The van der Waals surface area contributed by atoms with Crippen molar-refractivity contribution in [3.8, 4) is 0 Å². The molecule has 0 bridgehead atoms. The van der Waals surface area contributed by atoms with Gasteiger partial charge in [0, 0.05) is 17.5 Å². The first-order valence-corrected chi connectivity index (χ1v) is 9.66. The van der Waals surface area contributed by atoms with Gasteiger partial charge in [-0.2, -0.15) is 0 Å². The number of carbonyl (C=O) groups is 2. The lowest BCUT2D eigenvalue weighted by molar-refractivity contribution is 0.0977. The molecule has 0 saturated carbocycles. The number of furan rings is 1. The number of carbonyl (C=O) groups excluding carboxylic acids is 2. The molecule has 0 unspecified atom stereocenters. The lowest BCUT2D eigenvalue weighted by Crippen LogP contribution is -2.29. The molecule has 2 amide bonds. The number of piperidine rings is 1. The van der Waals surface area contributed by atoms with Gasteiger partial charge >= 0.3 is 0 Å². The number of amides is 2. The second-order valence-electron chi connectivity index (χ2n) is 7.30. The summed E-state index contributed by atoms with van der Waals surface area (Å²) in [6, 6.07) is 11.2. The molecule has 4 rings (SSSR count). The van der Waals surface area contributed by atoms with E-state index in [1.54, 1.807) is 6.07 Å². The Morgan fingerprint density at radius 2 is 1.90 bits per heavy atom. The summed E-state index contributed by atoms with van der Waals surface area (Å²) in [5, 5.41) is 2.96. The molecule has 1 aliphatic rings. The van der Waals surface area contributed by atoms with Crippen molar-refractivity contribution in [1.29, 1.82) is 0 Å². The molecule has 150 valence electrons. The number of likely N-dealkylation sites (tertiary alicyclic amines) is 1. The minimum Gasteiger partial charge on any atom is -0.449 e. The summed E-state index contributed by atoms with van der Waals surface area (Å²) in [6.07, 6.45) is 3.65. The van der Waals surface area contributed by atoms with E-state index in [4.69, 9.17) is 10.2 Å². The van der Waals surface area contributed by atoms with E-state index >= 15 is 0 Å². The van der Waals surface area contributed by atoms with E-state index in [1.165, 1.54) is 37.5 Å². The van der Waals surface area contributed by atoms with Crippen LogP contribution in [0.2, 0.25) is 0 Å². The summed E-state index contributed by atoms with van der Waals surface area (Å²) >= 11 is 0. The standard InChI is InChI=1S/C22H22FN3O3/c23-16-7-8-18-17(12-16)19(20(29-18)21(24)27)25-22(28)15-6-4-5-14(11-15)13-26-9-2-1-3-10-26/h4-8,11-12H,1-3,9-10,13H2,(H2,24,27)(H,25,28). The van der Waals surface area contributed by atoms with Gasteiger partial charge in [0.25, 0.3) is 11.8 Å². The average Bonchev–Trinajstić information content (AvgIpc) is 3.07. The Hall–Kier alpha value is -3.19. The summed E-state index contributed by atoms with van der Waals surface area (Å²) < 4.78 is 19.1. The molecule has 1 aliphatic heterocycles. The zero-order valence-corrected chi connectivity index (χ0v) is 15.9. The van der Waals surface area contributed by atoms with Gasteiger partial charge in [-0.05, 0) is 61.8 Å². The summed E-state index contributed by atoms with van der Waals surface area (Å²) in [5.41, 5.74) is 7.21. The SMILES string of the molecule is NC(=O)c1oc2ccc(F)cc2c1NC(=O)c1cccc(CN2CCCCC2)c1. The number of nitrogens with one attached hydrogen (secondary N) is 1. The van der Waals surface area contributed by atoms with E-state index in [0.29, 0.717) is 5.56 Å². The third-order valence-corrected chi connectivity index (χ3v) is 5.16. The van der Waals surface area contributed by atoms with Gasteiger partial charge in [0.2, 0.25) is 5.76 Å². The molecule has 6 nitrogen and oxygen atoms in total. The maximum atomic E-state index is 13.7. The Balaban J connectivity index is 1.59. The lowest BCUT2D eigenvalue weighted by Gasteiger charge is -2.26. The largest absolute Gasteiger partial charge is 0.449 e. The summed E-state index contributed by atoms with van der Waals surface area (Å²) in [4.78, 5) is 27.0.